The van der Waals surface area contributed by atoms with Crippen molar-refractivity contribution >= 4 is 17.3 Å². The van der Waals surface area contributed by atoms with Crippen LogP contribution in [-0.4, -0.2) is 25.6 Å². The Morgan fingerprint density at radius 1 is 1.10 bits per heavy atom. The fraction of sp³-hybridized carbons (Fsp3) is 0.385. The molecule has 5 heteroatoms. The van der Waals surface area contributed by atoms with Crippen molar-refractivity contribution in [3.05, 3.63) is 82.4 Å². The zero-order valence-corrected chi connectivity index (χ0v) is 20.1. The number of hydrogen-bond donors (Lipinski definition) is 1. The number of nitrogens with zero attached hydrogens (tertiary/aromatic N) is 3. The molecule has 0 aliphatic carbocycles. The molecular weight excluding hydrogens is 400 g/mol. The van der Waals surface area contributed by atoms with Crippen LogP contribution in [0, 0.1) is 20.8 Å². The first-order valence-electron chi connectivity index (χ1n) is 11.1. The van der Waals surface area contributed by atoms with Crippen molar-refractivity contribution in [2.75, 3.05) is 0 Å². The molecule has 1 fully saturated rings. The van der Waals surface area contributed by atoms with Crippen LogP contribution in [0.15, 0.2) is 48.7 Å². The first-order valence-corrected chi connectivity index (χ1v) is 11.5. The van der Waals surface area contributed by atoms with Crippen molar-refractivity contribution in [2.24, 2.45) is 0 Å². The minimum absolute atomic E-state index is 0.0209. The normalized spacial score (nSPS) is 18.7. The predicted molar refractivity (Wildman–Crippen MR) is 132 cm³/mol. The van der Waals surface area contributed by atoms with Crippen LogP contribution in [0.4, 0.5) is 0 Å². The Balaban J connectivity index is 1.90. The van der Waals surface area contributed by atoms with E-state index in [0.29, 0.717) is 0 Å². The van der Waals surface area contributed by atoms with Gasteiger partial charge in [-0.1, -0.05) is 31.2 Å². The average Bonchev–Trinajstić information content (AvgIpc) is 3.24. The number of pyridine rings is 1. The van der Waals surface area contributed by atoms with Crippen LogP contribution in [0.3, 0.4) is 0 Å². The van der Waals surface area contributed by atoms with Gasteiger partial charge in [0.2, 0.25) is 0 Å². The molecule has 0 unspecified atom stereocenters. The van der Waals surface area contributed by atoms with Crippen LogP contribution < -0.4 is 5.32 Å². The van der Waals surface area contributed by atoms with Crippen molar-refractivity contribution in [3.8, 4) is 5.69 Å². The Kier molecular flexibility index (Phi) is 5.89. The lowest BCUT2D eigenvalue weighted by Crippen LogP contribution is -2.35. The summed E-state index contributed by atoms with van der Waals surface area (Å²) in [6.45, 7) is 13.3. The second-order valence-electron chi connectivity index (χ2n) is 8.73. The molecule has 0 bridgehead atoms. The largest absolute Gasteiger partial charge is 0.352 e. The molecule has 0 amide bonds. The van der Waals surface area contributed by atoms with Crippen LogP contribution in [0.2, 0.25) is 0 Å². The summed E-state index contributed by atoms with van der Waals surface area (Å²) in [6.07, 6.45) is 2.87. The molecule has 2 aromatic heterocycles. The molecule has 3 heterocycles. The highest BCUT2D eigenvalue weighted by Crippen LogP contribution is 2.42. The molecule has 1 N–H and O–H groups in total. The van der Waals surface area contributed by atoms with Gasteiger partial charge in [-0.3, -0.25) is 4.98 Å². The number of hydrogen-bond acceptors (Lipinski definition) is 2. The predicted octanol–water partition coefficient (Wildman–Crippen LogP) is 5.74. The topological polar surface area (TPSA) is 33.1 Å². The lowest BCUT2D eigenvalue weighted by atomic mass is 9.96. The Bertz CT molecular complexity index is 1100. The fourth-order valence-electron chi connectivity index (χ4n) is 5.01. The lowest BCUT2D eigenvalue weighted by molar-refractivity contribution is 0.269. The maximum absolute atomic E-state index is 5.79. The molecule has 1 aliphatic heterocycles. The molecule has 1 saturated heterocycles. The van der Waals surface area contributed by atoms with Gasteiger partial charge in [0.15, 0.2) is 5.11 Å². The van der Waals surface area contributed by atoms with Gasteiger partial charge in [-0.05, 0) is 88.1 Å². The summed E-state index contributed by atoms with van der Waals surface area (Å²) in [5.74, 6) is 0. The van der Waals surface area contributed by atoms with Crippen molar-refractivity contribution in [1.82, 2.24) is 19.8 Å². The molecule has 0 saturated carbocycles. The van der Waals surface area contributed by atoms with Crippen LogP contribution in [0.1, 0.15) is 66.6 Å². The fourth-order valence-corrected chi connectivity index (χ4v) is 5.46. The second-order valence-corrected chi connectivity index (χ2v) is 9.11. The van der Waals surface area contributed by atoms with E-state index in [2.05, 4.69) is 91.6 Å². The van der Waals surface area contributed by atoms with Crippen molar-refractivity contribution in [2.45, 2.75) is 66.1 Å². The highest BCUT2D eigenvalue weighted by molar-refractivity contribution is 7.80. The van der Waals surface area contributed by atoms with E-state index in [1.54, 1.807) is 0 Å². The van der Waals surface area contributed by atoms with E-state index in [9.17, 15) is 0 Å². The molecule has 4 rings (SSSR count). The third kappa shape index (κ3) is 3.65. The minimum atomic E-state index is 0.0209. The molecule has 2 atom stereocenters. The number of aryl methyl sites for hydroxylation is 3. The van der Waals surface area contributed by atoms with E-state index >= 15 is 0 Å². The number of para-hydroxylation sites is 1. The SMILES string of the molecule is CCc1cccc(C)c1-n1c(C)cc([C@@H]2[C@@H](c3ccccn3)NC(=S)N2C(C)C)c1C. The van der Waals surface area contributed by atoms with Crippen LogP contribution >= 0.6 is 12.2 Å². The summed E-state index contributed by atoms with van der Waals surface area (Å²) in [5, 5.41) is 4.36. The van der Waals surface area contributed by atoms with Crippen LogP contribution in [-0.2, 0) is 6.42 Å². The van der Waals surface area contributed by atoms with E-state index in [-0.39, 0.29) is 18.1 Å². The maximum atomic E-state index is 5.79. The van der Waals surface area contributed by atoms with Gasteiger partial charge >= 0.3 is 0 Å². The zero-order chi connectivity index (χ0) is 22.3. The smallest absolute Gasteiger partial charge is 0.170 e. The van der Waals surface area contributed by atoms with Gasteiger partial charge in [0.05, 0.1) is 23.5 Å². The summed E-state index contributed by atoms with van der Waals surface area (Å²) in [6, 6.07) is 15.4. The molecule has 1 aromatic carbocycles. The zero-order valence-electron chi connectivity index (χ0n) is 19.3. The molecule has 31 heavy (non-hydrogen) atoms. The lowest BCUT2D eigenvalue weighted by Gasteiger charge is -2.31. The van der Waals surface area contributed by atoms with Gasteiger partial charge in [-0.25, -0.2) is 0 Å². The summed E-state index contributed by atoms with van der Waals surface area (Å²) >= 11 is 5.79. The molecule has 0 radical (unpaired) electrons. The van der Waals surface area contributed by atoms with E-state index in [0.717, 1.165) is 17.2 Å². The summed E-state index contributed by atoms with van der Waals surface area (Å²) in [4.78, 5) is 7.00. The molecule has 4 nitrogen and oxygen atoms in total. The van der Waals surface area contributed by atoms with E-state index in [1.165, 1.54) is 33.8 Å². The van der Waals surface area contributed by atoms with Crippen molar-refractivity contribution in [3.63, 3.8) is 0 Å². The highest BCUT2D eigenvalue weighted by atomic mass is 32.1. The first-order chi connectivity index (χ1) is 14.8. The average molecular weight is 433 g/mol. The summed E-state index contributed by atoms with van der Waals surface area (Å²) in [5.41, 5.74) is 8.82. The van der Waals surface area contributed by atoms with Gasteiger partial charge in [0, 0.05) is 23.6 Å². The van der Waals surface area contributed by atoms with E-state index in [4.69, 9.17) is 12.2 Å². The van der Waals surface area contributed by atoms with Crippen LogP contribution in [0.5, 0.6) is 0 Å². The van der Waals surface area contributed by atoms with E-state index in [1.807, 2.05) is 18.3 Å². The van der Waals surface area contributed by atoms with Gasteiger partial charge in [0.25, 0.3) is 0 Å². The standard InChI is InChI=1S/C26H32N4S/c1-7-20-12-10-11-17(4)24(20)30-18(5)15-21(19(30)6)25-23(22-13-8-9-14-27-22)28-26(31)29(25)16(2)3/h8-16,23,25H,7H2,1-6H3,(H,28,31)/t23-,25-/m1/s1. The number of thiocarbonyl (C=S) groups is 1. The maximum Gasteiger partial charge on any atom is 0.170 e. The second kappa shape index (κ2) is 8.46. The Morgan fingerprint density at radius 2 is 1.87 bits per heavy atom. The Morgan fingerprint density at radius 3 is 2.52 bits per heavy atom. The number of benzene rings is 1. The van der Waals surface area contributed by atoms with Gasteiger partial charge < -0.3 is 14.8 Å². The summed E-state index contributed by atoms with van der Waals surface area (Å²) < 4.78 is 2.43. The molecule has 162 valence electrons. The monoisotopic (exact) mass is 432 g/mol. The van der Waals surface area contributed by atoms with Gasteiger partial charge in [-0.2, -0.15) is 0 Å². The Labute approximate surface area is 191 Å². The third-order valence-corrected chi connectivity index (χ3v) is 6.74. The minimum Gasteiger partial charge on any atom is -0.352 e. The number of rotatable bonds is 5. The number of aromatic nitrogens is 2. The van der Waals surface area contributed by atoms with Crippen molar-refractivity contribution < 1.29 is 0 Å². The van der Waals surface area contributed by atoms with Gasteiger partial charge in [0.1, 0.15) is 0 Å². The van der Waals surface area contributed by atoms with Crippen LogP contribution in [0.25, 0.3) is 5.69 Å². The van der Waals surface area contributed by atoms with Crippen molar-refractivity contribution in [1.29, 1.82) is 0 Å². The third-order valence-electron chi connectivity index (χ3n) is 6.41. The molecular formula is C26H32N4S. The Hall–Kier alpha value is -2.66. The number of nitrogens with one attached hydrogen (secondary N) is 1. The summed E-state index contributed by atoms with van der Waals surface area (Å²) in [7, 11) is 0. The first kappa shape index (κ1) is 21.6. The molecule has 1 aliphatic rings. The van der Waals surface area contributed by atoms with Gasteiger partial charge in [-0.15, -0.1) is 0 Å². The quantitative estimate of drug-likeness (QED) is 0.521. The molecule has 3 aromatic rings. The van der Waals surface area contributed by atoms with E-state index < -0.39 is 0 Å². The molecule has 0 spiro atoms. The highest BCUT2D eigenvalue weighted by Gasteiger charge is 2.42.